The Balaban J connectivity index is 2.17. The molecule has 1 rings (SSSR count). The summed E-state index contributed by atoms with van der Waals surface area (Å²) in [5.41, 5.74) is 6.36. The van der Waals surface area contributed by atoms with E-state index in [1.807, 2.05) is 0 Å². The number of methoxy groups -OCH3 is 1. The minimum atomic E-state index is -0.121. The molecule has 0 aliphatic rings. The van der Waals surface area contributed by atoms with Crippen LogP contribution in [0.5, 0.6) is 5.75 Å². The second kappa shape index (κ2) is 11.3. The number of hydrogen-bond donors (Lipinski definition) is 3. The number of unbranched alkanes of at least 4 members (excludes halogenated alkanes) is 3. The van der Waals surface area contributed by atoms with Crippen molar-refractivity contribution in [1.82, 2.24) is 10.6 Å². The van der Waals surface area contributed by atoms with Crippen molar-refractivity contribution in [2.45, 2.75) is 32.6 Å². The molecule has 0 atom stereocenters. The molecule has 23 heavy (non-hydrogen) atoms. The summed E-state index contributed by atoms with van der Waals surface area (Å²) in [5.74, 6) is 1.04. The van der Waals surface area contributed by atoms with E-state index >= 15 is 0 Å². The molecule has 0 saturated heterocycles. The summed E-state index contributed by atoms with van der Waals surface area (Å²) in [5, 5.41) is 5.81. The average molecular weight is 320 g/mol. The zero-order valence-electron chi connectivity index (χ0n) is 14.1. The van der Waals surface area contributed by atoms with Gasteiger partial charge in [0.2, 0.25) is 0 Å². The molecule has 1 aromatic carbocycles. The molecule has 0 radical (unpaired) electrons. The Kier molecular flexibility index (Phi) is 9.28. The van der Waals surface area contributed by atoms with Crippen molar-refractivity contribution in [3.8, 4) is 5.75 Å². The van der Waals surface area contributed by atoms with Gasteiger partial charge < -0.3 is 21.1 Å². The number of hydrogen-bond acceptors (Lipinski definition) is 3. The number of benzene rings is 1. The molecule has 4 N–H and O–H groups in total. The first-order valence-corrected chi connectivity index (χ1v) is 8.13. The van der Waals surface area contributed by atoms with Crippen LogP contribution in [-0.2, 0) is 0 Å². The number of carbonyl (C=O) groups excluding carboxylic acids is 1. The highest BCUT2D eigenvalue weighted by molar-refractivity contribution is 5.94. The SMILES string of the molecule is CCCCCCN=C(N)NCCNC(=O)c1ccc(OC)cc1. The van der Waals surface area contributed by atoms with Gasteiger partial charge in [-0.2, -0.15) is 0 Å². The zero-order chi connectivity index (χ0) is 16.9. The lowest BCUT2D eigenvalue weighted by Gasteiger charge is -2.08. The maximum Gasteiger partial charge on any atom is 0.251 e. The Hall–Kier alpha value is -2.24. The van der Waals surface area contributed by atoms with Gasteiger partial charge in [0.25, 0.3) is 5.91 Å². The van der Waals surface area contributed by atoms with Crippen LogP contribution in [0.25, 0.3) is 0 Å². The maximum atomic E-state index is 11.9. The van der Waals surface area contributed by atoms with Gasteiger partial charge in [-0.1, -0.05) is 26.2 Å². The molecule has 0 unspecified atom stereocenters. The topological polar surface area (TPSA) is 88.7 Å². The lowest BCUT2D eigenvalue weighted by molar-refractivity contribution is 0.0954. The van der Waals surface area contributed by atoms with E-state index in [1.54, 1.807) is 31.4 Å². The third-order valence-electron chi connectivity index (χ3n) is 3.36. The molecule has 128 valence electrons. The summed E-state index contributed by atoms with van der Waals surface area (Å²) < 4.78 is 5.06. The Morgan fingerprint density at radius 3 is 2.48 bits per heavy atom. The molecule has 0 aliphatic carbocycles. The van der Waals surface area contributed by atoms with Crippen LogP contribution in [0.1, 0.15) is 43.0 Å². The lowest BCUT2D eigenvalue weighted by Crippen LogP contribution is -2.38. The number of aliphatic imine (C=N–C) groups is 1. The number of amides is 1. The second-order valence-electron chi connectivity index (χ2n) is 5.24. The maximum absolute atomic E-state index is 11.9. The Morgan fingerprint density at radius 1 is 1.13 bits per heavy atom. The van der Waals surface area contributed by atoms with Crippen LogP contribution in [0.15, 0.2) is 29.3 Å². The van der Waals surface area contributed by atoms with Crippen LogP contribution in [-0.4, -0.2) is 38.6 Å². The number of ether oxygens (including phenoxy) is 1. The van der Waals surface area contributed by atoms with E-state index in [0.717, 1.165) is 18.7 Å². The fraction of sp³-hybridized carbons (Fsp3) is 0.529. The molecule has 0 bridgehead atoms. The van der Waals surface area contributed by atoms with Crippen LogP contribution < -0.4 is 21.1 Å². The number of guanidine groups is 1. The molecule has 0 aliphatic heterocycles. The standard InChI is InChI=1S/C17H28N4O2/c1-3-4-5-6-11-20-17(18)21-13-12-19-16(22)14-7-9-15(23-2)10-8-14/h7-10H,3-6,11-13H2,1-2H3,(H,19,22)(H3,18,20,21). The van der Waals surface area contributed by atoms with E-state index in [9.17, 15) is 4.79 Å². The van der Waals surface area contributed by atoms with Gasteiger partial charge in [-0.05, 0) is 30.7 Å². The van der Waals surface area contributed by atoms with Crippen molar-refractivity contribution < 1.29 is 9.53 Å². The van der Waals surface area contributed by atoms with Gasteiger partial charge in [0, 0.05) is 25.2 Å². The molecule has 1 aromatic rings. The van der Waals surface area contributed by atoms with E-state index in [4.69, 9.17) is 10.5 Å². The molecule has 6 nitrogen and oxygen atoms in total. The summed E-state index contributed by atoms with van der Waals surface area (Å²) in [4.78, 5) is 16.2. The monoisotopic (exact) mass is 320 g/mol. The van der Waals surface area contributed by atoms with Gasteiger partial charge in [-0.25, -0.2) is 0 Å². The number of nitrogens with zero attached hydrogens (tertiary/aromatic N) is 1. The van der Waals surface area contributed by atoms with E-state index in [-0.39, 0.29) is 5.91 Å². The fourth-order valence-corrected chi connectivity index (χ4v) is 2.01. The third-order valence-corrected chi connectivity index (χ3v) is 3.36. The number of nitrogens with two attached hydrogens (primary N) is 1. The normalized spacial score (nSPS) is 11.1. The van der Waals surface area contributed by atoms with Crippen molar-refractivity contribution in [3.05, 3.63) is 29.8 Å². The minimum absolute atomic E-state index is 0.121. The van der Waals surface area contributed by atoms with E-state index < -0.39 is 0 Å². The van der Waals surface area contributed by atoms with Gasteiger partial charge in [0.1, 0.15) is 5.75 Å². The smallest absolute Gasteiger partial charge is 0.251 e. The first-order valence-electron chi connectivity index (χ1n) is 8.13. The average Bonchev–Trinajstić information content (AvgIpc) is 2.58. The van der Waals surface area contributed by atoms with Crippen molar-refractivity contribution in [3.63, 3.8) is 0 Å². The molecular weight excluding hydrogens is 292 g/mol. The molecule has 0 heterocycles. The molecule has 0 aromatic heterocycles. The van der Waals surface area contributed by atoms with Gasteiger partial charge in [-0.3, -0.25) is 9.79 Å². The second-order valence-corrected chi connectivity index (χ2v) is 5.24. The first kappa shape index (κ1) is 18.8. The first-order chi connectivity index (χ1) is 11.2. The highest BCUT2D eigenvalue weighted by atomic mass is 16.5. The number of nitrogens with one attached hydrogen (secondary N) is 2. The molecule has 6 heteroatoms. The molecular formula is C17H28N4O2. The van der Waals surface area contributed by atoms with Crippen molar-refractivity contribution in [2.75, 3.05) is 26.7 Å². The zero-order valence-corrected chi connectivity index (χ0v) is 14.1. The van der Waals surface area contributed by atoms with Crippen LogP contribution in [0.3, 0.4) is 0 Å². The summed E-state index contributed by atoms with van der Waals surface area (Å²) >= 11 is 0. The Morgan fingerprint density at radius 2 is 1.83 bits per heavy atom. The predicted molar refractivity (Wildman–Crippen MR) is 94.0 cm³/mol. The fourth-order valence-electron chi connectivity index (χ4n) is 2.01. The summed E-state index contributed by atoms with van der Waals surface area (Å²) in [7, 11) is 1.59. The van der Waals surface area contributed by atoms with E-state index in [2.05, 4.69) is 22.5 Å². The highest BCUT2D eigenvalue weighted by Crippen LogP contribution is 2.10. The van der Waals surface area contributed by atoms with Gasteiger partial charge in [0.15, 0.2) is 5.96 Å². The van der Waals surface area contributed by atoms with Crippen LogP contribution in [0.2, 0.25) is 0 Å². The Bertz CT molecular complexity index is 486. The third kappa shape index (κ3) is 8.09. The largest absolute Gasteiger partial charge is 0.497 e. The van der Waals surface area contributed by atoms with Crippen molar-refractivity contribution in [2.24, 2.45) is 10.7 Å². The lowest BCUT2D eigenvalue weighted by atomic mass is 10.2. The quantitative estimate of drug-likeness (QED) is 0.349. The molecule has 1 amide bonds. The molecule has 0 fully saturated rings. The van der Waals surface area contributed by atoms with E-state index in [1.165, 1.54) is 19.3 Å². The van der Waals surface area contributed by atoms with Crippen molar-refractivity contribution in [1.29, 1.82) is 0 Å². The summed E-state index contributed by atoms with van der Waals surface area (Å²) in [6, 6.07) is 6.98. The van der Waals surface area contributed by atoms with Crippen LogP contribution in [0.4, 0.5) is 0 Å². The Labute approximate surface area is 138 Å². The highest BCUT2D eigenvalue weighted by Gasteiger charge is 2.04. The molecule has 0 spiro atoms. The summed E-state index contributed by atoms with van der Waals surface area (Å²) in [6.45, 7) is 3.96. The van der Waals surface area contributed by atoms with Gasteiger partial charge in [0.05, 0.1) is 7.11 Å². The minimum Gasteiger partial charge on any atom is -0.497 e. The number of carbonyl (C=O) groups is 1. The molecule has 0 saturated carbocycles. The predicted octanol–water partition coefficient (Wildman–Crippen LogP) is 1.91. The van der Waals surface area contributed by atoms with E-state index in [0.29, 0.717) is 24.6 Å². The van der Waals surface area contributed by atoms with Crippen molar-refractivity contribution >= 4 is 11.9 Å². The van der Waals surface area contributed by atoms with Gasteiger partial charge in [-0.15, -0.1) is 0 Å². The van der Waals surface area contributed by atoms with Gasteiger partial charge >= 0.3 is 0 Å². The number of rotatable bonds is 10. The summed E-state index contributed by atoms with van der Waals surface area (Å²) in [6.07, 6.45) is 4.70. The van der Waals surface area contributed by atoms with Crippen LogP contribution in [0, 0.1) is 0 Å². The van der Waals surface area contributed by atoms with Crippen LogP contribution >= 0.6 is 0 Å².